The lowest BCUT2D eigenvalue weighted by Crippen LogP contribution is -2.20. The van der Waals surface area contributed by atoms with Gasteiger partial charge in [-0.2, -0.15) is 0 Å². The Hall–Kier alpha value is -0.510. The van der Waals surface area contributed by atoms with E-state index < -0.39 is 0 Å². The number of nitrogens with one attached hydrogen (secondary N) is 1. The average molecular weight is 267 g/mol. The van der Waals surface area contributed by atoms with E-state index in [2.05, 4.69) is 50.4 Å². The molecule has 0 aromatic heterocycles. The Bertz CT molecular complexity index is 343. The van der Waals surface area contributed by atoms with Gasteiger partial charge in [-0.3, -0.25) is 0 Å². The summed E-state index contributed by atoms with van der Waals surface area (Å²) >= 11 is 1.86. The molecule has 0 aliphatic carbocycles. The number of hydrogen-bond acceptors (Lipinski definition) is 3. The van der Waals surface area contributed by atoms with Crippen LogP contribution in [0.3, 0.4) is 0 Å². The molecule has 0 heterocycles. The predicted molar refractivity (Wildman–Crippen MR) is 80.2 cm³/mol. The van der Waals surface area contributed by atoms with Gasteiger partial charge < -0.3 is 10.4 Å². The molecule has 2 N–H and O–H groups in total. The van der Waals surface area contributed by atoms with E-state index in [1.54, 1.807) is 0 Å². The first-order valence-corrected chi connectivity index (χ1v) is 7.70. The van der Waals surface area contributed by atoms with Crippen molar-refractivity contribution < 1.29 is 5.11 Å². The number of benzene rings is 1. The molecule has 0 radical (unpaired) electrons. The van der Waals surface area contributed by atoms with E-state index in [-0.39, 0.29) is 6.61 Å². The summed E-state index contributed by atoms with van der Waals surface area (Å²) in [6.07, 6.45) is 1.94. The third-order valence-electron chi connectivity index (χ3n) is 3.02. The summed E-state index contributed by atoms with van der Waals surface area (Å²) in [4.78, 5) is 1.34. The molecule has 0 saturated carbocycles. The van der Waals surface area contributed by atoms with Crippen molar-refractivity contribution in [3.63, 3.8) is 0 Å². The first-order valence-electron chi connectivity index (χ1n) is 6.82. The van der Waals surface area contributed by atoms with Crippen molar-refractivity contribution in [1.29, 1.82) is 0 Å². The Kier molecular flexibility index (Phi) is 7.40. The Labute approximate surface area is 115 Å². The second kappa shape index (κ2) is 8.57. The van der Waals surface area contributed by atoms with E-state index in [9.17, 15) is 0 Å². The fourth-order valence-electron chi connectivity index (χ4n) is 2.05. The second-order valence-electron chi connectivity index (χ2n) is 4.50. The third-order valence-corrected chi connectivity index (χ3v) is 4.28. The van der Waals surface area contributed by atoms with Gasteiger partial charge in [-0.15, -0.1) is 11.8 Å². The lowest BCUT2D eigenvalue weighted by Gasteiger charge is -2.21. The molecule has 0 aliphatic heterocycles. The summed E-state index contributed by atoms with van der Waals surface area (Å²) in [5.41, 5.74) is 1.39. The zero-order chi connectivity index (χ0) is 13.4. The van der Waals surface area contributed by atoms with Crippen LogP contribution in [0.5, 0.6) is 0 Å². The minimum absolute atomic E-state index is 0.265. The van der Waals surface area contributed by atoms with Crippen LogP contribution in [0.25, 0.3) is 0 Å². The van der Waals surface area contributed by atoms with E-state index >= 15 is 0 Å². The number of rotatable bonds is 8. The van der Waals surface area contributed by atoms with Crippen LogP contribution in [0.15, 0.2) is 29.2 Å². The molecule has 2 unspecified atom stereocenters. The fraction of sp³-hybridized carbons (Fsp3) is 0.600. The first-order chi connectivity index (χ1) is 8.72. The fourth-order valence-corrected chi connectivity index (χ4v) is 3.21. The van der Waals surface area contributed by atoms with Crippen LogP contribution in [0, 0.1) is 0 Å². The van der Waals surface area contributed by atoms with Gasteiger partial charge in [0.2, 0.25) is 0 Å². The van der Waals surface area contributed by atoms with Crippen molar-refractivity contribution in [2.75, 3.05) is 13.2 Å². The standard InChI is InChI=1S/C15H25NOS/c1-4-14(16-5-2)13-8-6-7-9-15(13)18-12(3)10-11-17/h6-9,12,14,16-17H,4-5,10-11H2,1-3H3. The molecule has 102 valence electrons. The second-order valence-corrected chi connectivity index (χ2v) is 5.98. The molecule has 0 amide bonds. The summed E-state index contributed by atoms with van der Waals surface area (Å²) in [7, 11) is 0. The molecule has 2 nitrogen and oxygen atoms in total. The molecule has 18 heavy (non-hydrogen) atoms. The van der Waals surface area contributed by atoms with Crippen LogP contribution < -0.4 is 5.32 Å². The minimum Gasteiger partial charge on any atom is -0.396 e. The topological polar surface area (TPSA) is 32.3 Å². The van der Waals surface area contributed by atoms with Crippen molar-refractivity contribution in [3.05, 3.63) is 29.8 Å². The molecule has 0 aliphatic rings. The maximum absolute atomic E-state index is 9.00. The molecule has 0 saturated heterocycles. The van der Waals surface area contributed by atoms with Crippen LogP contribution in [0.1, 0.15) is 45.2 Å². The van der Waals surface area contributed by atoms with Gasteiger partial charge in [0.15, 0.2) is 0 Å². The maximum Gasteiger partial charge on any atom is 0.0441 e. The number of thioether (sulfide) groups is 1. The van der Waals surface area contributed by atoms with Gasteiger partial charge in [-0.1, -0.05) is 39.0 Å². The van der Waals surface area contributed by atoms with Gasteiger partial charge in [0.1, 0.15) is 0 Å². The van der Waals surface area contributed by atoms with Crippen LogP contribution in [-0.4, -0.2) is 23.5 Å². The number of aliphatic hydroxyl groups excluding tert-OH is 1. The molecule has 2 atom stereocenters. The van der Waals surface area contributed by atoms with Gasteiger partial charge in [0, 0.05) is 22.8 Å². The Morgan fingerprint density at radius 3 is 2.61 bits per heavy atom. The molecular weight excluding hydrogens is 242 g/mol. The zero-order valence-electron chi connectivity index (χ0n) is 11.6. The molecule has 0 bridgehead atoms. The van der Waals surface area contributed by atoms with Crippen LogP contribution >= 0.6 is 11.8 Å². The summed E-state index contributed by atoms with van der Waals surface area (Å²) in [6, 6.07) is 9.03. The van der Waals surface area contributed by atoms with Crippen LogP contribution in [0.2, 0.25) is 0 Å². The summed E-state index contributed by atoms with van der Waals surface area (Å²) in [5.74, 6) is 0. The minimum atomic E-state index is 0.265. The largest absolute Gasteiger partial charge is 0.396 e. The molecule has 1 rings (SSSR count). The Morgan fingerprint density at radius 2 is 2.00 bits per heavy atom. The number of aliphatic hydroxyl groups is 1. The molecule has 1 aromatic carbocycles. The summed E-state index contributed by atoms with van der Waals surface area (Å²) in [6.45, 7) is 7.79. The summed E-state index contributed by atoms with van der Waals surface area (Å²) < 4.78 is 0. The molecule has 0 spiro atoms. The normalized spacial score (nSPS) is 14.4. The van der Waals surface area contributed by atoms with Crippen LogP contribution in [0.4, 0.5) is 0 Å². The maximum atomic E-state index is 9.00. The lowest BCUT2D eigenvalue weighted by molar-refractivity contribution is 0.289. The van der Waals surface area contributed by atoms with Gasteiger partial charge in [0.05, 0.1) is 0 Å². The van der Waals surface area contributed by atoms with Crippen molar-refractivity contribution in [3.8, 4) is 0 Å². The van der Waals surface area contributed by atoms with Gasteiger partial charge in [0.25, 0.3) is 0 Å². The highest BCUT2D eigenvalue weighted by Crippen LogP contribution is 2.32. The highest BCUT2D eigenvalue weighted by Gasteiger charge is 2.14. The molecular formula is C15H25NOS. The van der Waals surface area contributed by atoms with Crippen molar-refractivity contribution >= 4 is 11.8 Å². The molecule has 0 fully saturated rings. The van der Waals surface area contributed by atoms with Gasteiger partial charge in [-0.25, -0.2) is 0 Å². The highest BCUT2D eigenvalue weighted by atomic mass is 32.2. The van der Waals surface area contributed by atoms with Crippen LogP contribution in [-0.2, 0) is 0 Å². The third kappa shape index (κ3) is 4.63. The predicted octanol–water partition coefficient (Wildman–Crippen LogP) is 3.61. The SMILES string of the molecule is CCNC(CC)c1ccccc1SC(C)CCO. The van der Waals surface area contributed by atoms with Gasteiger partial charge >= 0.3 is 0 Å². The van der Waals surface area contributed by atoms with Crippen molar-refractivity contribution in [1.82, 2.24) is 5.32 Å². The average Bonchev–Trinajstić information content (AvgIpc) is 2.37. The first kappa shape index (κ1) is 15.5. The van der Waals surface area contributed by atoms with E-state index in [1.807, 2.05) is 11.8 Å². The monoisotopic (exact) mass is 267 g/mol. The highest BCUT2D eigenvalue weighted by molar-refractivity contribution is 8.00. The van der Waals surface area contributed by atoms with E-state index in [1.165, 1.54) is 10.5 Å². The van der Waals surface area contributed by atoms with Crippen molar-refractivity contribution in [2.24, 2.45) is 0 Å². The van der Waals surface area contributed by atoms with E-state index in [0.717, 1.165) is 19.4 Å². The van der Waals surface area contributed by atoms with E-state index in [0.29, 0.717) is 11.3 Å². The van der Waals surface area contributed by atoms with Gasteiger partial charge in [-0.05, 0) is 31.0 Å². The molecule has 1 aromatic rings. The quantitative estimate of drug-likeness (QED) is 0.706. The molecule has 3 heteroatoms. The Morgan fingerprint density at radius 1 is 1.28 bits per heavy atom. The Balaban J connectivity index is 2.83. The smallest absolute Gasteiger partial charge is 0.0441 e. The van der Waals surface area contributed by atoms with E-state index in [4.69, 9.17) is 5.11 Å². The summed E-state index contributed by atoms with van der Waals surface area (Å²) in [5, 5.41) is 13.0. The number of hydrogen-bond donors (Lipinski definition) is 2. The zero-order valence-corrected chi connectivity index (χ0v) is 12.5. The van der Waals surface area contributed by atoms with Crippen molar-refractivity contribution in [2.45, 2.75) is 49.8 Å². The lowest BCUT2D eigenvalue weighted by atomic mass is 10.0.